The lowest BCUT2D eigenvalue weighted by molar-refractivity contribution is 0.0367. The summed E-state index contributed by atoms with van der Waals surface area (Å²) >= 11 is 0. The molecule has 4 rings (SSSR count). The summed E-state index contributed by atoms with van der Waals surface area (Å²) in [6.45, 7) is 2.36. The predicted octanol–water partition coefficient (Wildman–Crippen LogP) is 2.74. The maximum atomic E-state index is 4.24. The zero-order chi connectivity index (χ0) is 18.3. The molecule has 27 heavy (non-hydrogen) atoms. The Morgan fingerprint density at radius 3 is 1.96 bits per heavy atom. The van der Waals surface area contributed by atoms with E-state index in [0.29, 0.717) is 0 Å². The van der Waals surface area contributed by atoms with Crippen molar-refractivity contribution in [2.24, 2.45) is 0 Å². The van der Waals surface area contributed by atoms with Gasteiger partial charge in [0.15, 0.2) is 0 Å². The summed E-state index contributed by atoms with van der Waals surface area (Å²) in [5.41, 5.74) is 8.36. The molecule has 0 saturated heterocycles. The van der Waals surface area contributed by atoms with Gasteiger partial charge in [-0.25, -0.2) is 5.01 Å². The van der Waals surface area contributed by atoms with Crippen molar-refractivity contribution in [2.75, 3.05) is 6.54 Å². The standard InChI is InChI=1S/C21H22N6/c1-4-18(11-22-7-1)10-21-16-26(14-19-5-2-8-23-12-19)25-27(17-21)15-20-6-3-9-24-13-20/h1-9,11-13,16,25H,10,14-15,17H2. The fraction of sp³-hybridized carbons (Fsp3) is 0.190. The van der Waals surface area contributed by atoms with E-state index in [1.165, 1.54) is 16.7 Å². The lowest BCUT2D eigenvalue weighted by Crippen LogP contribution is -2.51. The number of hydrogen-bond donors (Lipinski definition) is 1. The zero-order valence-corrected chi connectivity index (χ0v) is 15.1. The average Bonchev–Trinajstić information content (AvgIpc) is 2.70. The van der Waals surface area contributed by atoms with E-state index in [-0.39, 0.29) is 0 Å². The molecule has 0 bridgehead atoms. The molecule has 0 atom stereocenters. The molecule has 0 fully saturated rings. The van der Waals surface area contributed by atoms with Gasteiger partial charge < -0.3 is 0 Å². The van der Waals surface area contributed by atoms with Gasteiger partial charge in [0.05, 0.1) is 6.54 Å². The summed E-state index contributed by atoms with van der Waals surface area (Å²) in [7, 11) is 0. The van der Waals surface area contributed by atoms with Crippen LogP contribution in [0.25, 0.3) is 0 Å². The van der Waals surface area contributed by atoms with Crippen molar-refractivity contribution in [1.29, 1.82) is 0 Å². The normalized spacial score (nSPS) is 14.8. The highest BCUT2D eigenvalue weighted by Crippen LogP contribution is 2.16. The number of pyridine rings is 3. The topological polar surface area (TPSA) is 57.2 Å². The fourth-order valence-corrected chi connectivity index (χ4v) is 3.19. The van der Waals surface area contributed by atoms with Gasteiger partial charge in [0.1, 0.15) is 0 Å². The third-order valence-corrected chi connectivity index (χ3v) is 4.33. The molecule has 3 aromatic heterocycles. The van der Waals surface area contributed by atoms with Crippen LogP contribution in [0.3, 0.4) is 0 Å². The van der Waals surface area contributed by atoms with Crippen LogP contribution < -0.4 is 5.53 Å². The fourth-order valence-electron chi connectivity index (χ4n) is 3.19. The summed E-state index contributed by atoms with van der Waals surface area (Å²) < 4.78 is 0. The molecule has 0 aromatic carbocycles. The number of hydrazine groups is 2. The van der Waals surface area contributed by atoms with Crippen LogP contribution in [0.15, 0.2) is 85.4 Å². The number of aromatic nitrogens is 3. The molecule has 6 nitrogen and oxygen atoms in total. The number of hydrogen-bond acceptors (Lipinski definition) is 6. The lowest BCUT2D eigenvalue weighted by atomic mass is 10.1. The Hall–Kier alpha value is -3.09. The van der Waals surface area contributed by atoms with Gasteiger partial charge in [0.25, 0.3) is 0 Å². The molecule has 0 saturated carbocycles. The van der Waals surface area contributed by atoms with Crippen molar-refractivity contribution in [1.82, 2.24) is 30.5 Å². The molecule has 0 aliphatic carbocycles. The smallest absolute Gasteiger partial charge is 0.0616 e. The Morgan fingerprint density at radius 1 is 0.778 bits per heavy atom. The van der Waals surface area contributed by atoms with E-state index in [1.807, 2.05) is 43.0 Å². The largest absolute Gasteiger partial charge is 0.298 e. The van der Waals surface area contributed by atoms with Crippen LogP contribution in [0.4, 0.5) is 0 Å². The van der Waals surface area contributed by atoms with Crippen LogP contribution in [-0.4, -0.2) is 31.5 Å². The minimum absolute atomic E-state index is 0.744. The average molecular weight is 358 g/mol. The van der Waals surface area contributed by atoms with Crippen molar-refractivity contribution in [3.8, 4) is 0 Å². The van der Waals surface area contributed by atoms with Crippen molar-refractivity contribution in [3.63, 3.8) is 0 Å². The van der Waals surface area contributed by atoms with E-state index in [4.69, 9.17) is 0 Å². The van der Waals surface area contributed by atoms with Crippen molar-refractivity contribution < 1.29 is 0 Å². The van der Waals surface area contributed by atoms with E-state index < -0.39 is 0 Å². The first-order valence-corrected chi connectivity index (χ1v) is 8.99. The predicted molar refractivity (Wildman–Crippen MR) is 104 cm³/mol. The van der Waals surface area contributed by atoms with E-state index in [0.717, 1.165) is 31.6 Å². The molecule has 0 unspecified atom stereocenters. The molecule has 0 spiro atoms. The zero-order valence-electron chi connectivity index (χ0n) is 15.1. The van der Waals surface area contributed by atoms with Crippen LogP contribution in [0.2, 0.25) is 0 Å². The number of rotatable bonds is 6. The highest BCUT2D eigenvalue weighted by atomic mass is 15.8. The molecule has 3 aromatic rings. The Labute approximate surface area is 159 Å². The van der Waals surface area contributed by atoms with Crippen LogP contribution in [0.1, 0.15) is 16.7 Å². The first kappa shape index (κ1) is 17.3. The second-order valence-corrected chi connectivity index (χ2v) is 6.63. The third-order valence-electron chi connectivity index (χ3n) is 4.33. The quantitative estimate of drug-likeness (QED) is 0.731. The summed E-state index contributed by atoms with van der Waals surface area (Å²) in [6.07, 6.45) is 14.2. The minimum Gasteiger partial charge on any atom is -0.298 e. The molecule has 1 aliphatic heterocycles. The molecule has 0 radical (unpaired) electrons. The van der Waals surface area contributed by atoms with Gasteiger partial charge in [-0.1, -0.05) is 18.2 Å². The molecule has 1 N–H and O–H groups in total. The van der Waals surface area contributed by atoms with Crippen LogP contribution in [0.5, 0.6) is 0 Å². The maximum absolute atomic E-state index is 4.24. The second kappa shape index (κ2) is 8.53. The molecular formula is C21H22N6. The monoisotopic (exact) mass is 358 g/mol. The summed E-state index contributed by atoms with van der Waals surface area (Å²) in [5, 5.41) is 4.32. The highest BCUT2D eigenvalue weighted by Gasteiger charge is 2.18. The van der Waals surface area contributed by atoms with E-state index in [9.17, 15) is 0 Å². The van der Waals surface area contributed by atoms with Crippen molar-refractivity contribution in [2.45, 2.75) is 19.5 Å². The van der Waals surface area contributed by atoms with Gasteiger partial charge in [-0.15, -0.1) is 0 Å². The van der Waals surface area contributed by atoms with Gasteiger partial charge in [0.2, 0.25) is 0 Å². The Kier molecular flexibility index (Phi) is 5.47. The van der Waals surface area contributed by atoms with Crippen molar-refractivity contribution in [3.05, 3.63) is 102 Å². The number of nitrogens with zero attached hydrogens (tertiary/aromatic N) is 5. The molecular weight excluding hydrogens is 336 g/mol. The lowest BCUT2D eigenvalue weighted by Gasteiger charge is -2.36. The maximum Gasteiger partial charge on any atom is 0.0616 e. The van der Waals surface area contributed by atoms with Gasteiger partial charge in [-0.3, -0.25) is 20.0 Å². The highest BCUT2D eigenvalue weighted by molar-refractivity contribution is 5.21. The minimum atomic E-state index is 0.744. The van der Waals surface area contributed by atoms with Crippen molar-refractivity contribution >= 4 is 0 Å². The summed E-state index contributed by atoms with van der Waals surface area (Å²) in [6, 6.07) is 12.2. The van der Waals surface area contributed by atoms with Crippen LogP contribution in [0, 0.1) is 0 Å². The molecule has 4 heterocycles. The first-order chi connectivity index (χ1) is 13.3. The van der Waals surface area contributed by atoms with E-state index >= 15 is 0 Å². The molecule has 6 heteroatoms. The van der Waals surface area contributed by atoms with Crippen LogP contribution >= 0.6 is 0 Å². The van der Waals surface area contributed by atoms with Crippen LogP contribution in [-0.2, 0) is 19.5 Å². The van der Waals surface area contributed by atoms with Gasteiger partial charge in [-0.2, -0.15) is 5.53 Å². The van der Waals surface area contributed by atoms with E-state index in [2.05, 4.69) is 54.9 Å². The second-order valence-electron chi connectivity index (χ2n) is 6.63. The SMILES string of the molecule is C1=C(Cc2cccnc2)CN(Cc2cccnc2)NN1Cc1cccnc1. The molecule has 1 aliphatic rings. The molecule has 136 valence electrons. The first-order valence-electron chi connectivity index (χ1n) is 8.99. The Bertz CT molecular complexity index is 867. The summed E-state index contributed by atoms with van der Waals surface area (Å²) in [5.74, 6) is 0. The molecule has 0 amide bonds. The van der Waals surface area contributed by atoms with Gasteiger partial charge in [0, 0.05) is 56.5 Å². The Morgan fingerprint density at radius 2 is 1.37 bits per heavy atom. The summed E-state index contributed by atoms with van der Waals surface area (Å²) in [4.78, 5) is 12.7. The Balaban J connectivity index is 1.52. The van der Waals surface area contributed by atoms with Gasteiger partial charge >= 0.3 is 0 Å². The van der Waals surface area contributed by atoms with Gasteiger partial charge in [-0.05, 0) is 46.9 Å². The third kappa shape index (κ3) is 4.97. The number of nitrogens with one attached hydrogen (secondary N) is 1. The van der Waals surface area contributed by atoms with E-state index in [1.54, 1.807) is 12.4 Å².